The van der Waals surface area contributed by atoms with E-state index in [4.69, 9.17) is 4.74 Å². The Kier molecular flexibility index (Phi) is 5.04. The van der Waals surface area contributed by atoms with Crippen molar-refractivity contribution in [3.8, 4) is 0 Å². The van der Waals surface area contributed by atoms with Crippen molar-refractivity contribution in [1.29, 1.82) is 0 Å². The number of rotatable bonds is 5. The minimum atomic E-state index is -0.895. The zero-order valence-corrected chi connectivity index (χ0v) is 9.48. The molecule has 0 aliphatic carbocycles. The van der Waals surface area contributed by atoms with Crippen molar-refractivity contribution in [2.75, 3.05) is 6.61 Å². The van der Waals surface area contributed by atoms with E-state index < -0.39 is 16.6 Å². The molecular weight excluding hydrogens is 202 g/mol. The zero-order valence-electron chi connectivity index (χ0n) is 9.48. The maximum absolute atomic E-state index is 11.4. The van der Waals surface area contributed by atoms with Gasteiger partial charge in [0.1, 0.15) is 12.7 Å². The van der Waals surface area contributed by atoms with Crippen LogP contribution < -0.4 is 0 Å². The molecule has 0 aromatic rings. The molecule has 0 aromatic carbocycles. The van der Waals surface area contributed by atoms with Crippen LogP contribution in [0.2, 0.25) is 0 Å². The molecule has 6 nitrogen and oxygen atoms in total. The molecule has 0 aliphatic heterocycles. The summed E-state index contributed by atoms with van der Waals surface area (Å²) >= 11 is 0. The van der Waals surface area contributed by atoms with Gasteiger partial charge in [0.25, 0.3) is 5.09 Å². The van der Waals surface area contributed by atoms with E-state index in [-0.39, 0.29) is 12.6 Å². The summed E-state index contributed by atoms with van der Waals surface area (Å²) in [7, 11) is 0. The fraction of sp³-hybridized carbons (Fsp3) is 0.889. The lowest BCUT2D eigenvalue weighted by atomic mass is 9.97. The molecule has 0 saturated heterocycles. The van der Waals surface area contributed by atoms with E-state index in [1.165, 1.54) is 0 Å². The summed E-state index contributed by atoms with van der Waals surface area (Å²) in [6.07, 6.45) is -0.0857. The molecule has 1 unspecified atom stereocenters. The van der Waals surface area contributed by atoms with E-state index in [0.29, 0.717) is 6.42 Å². The number of ether oxygens (including phenoxy) is 1. The highest BCUT2D eigenvalue weighted by atomic mass is 17.0. The number of hydrogen-bond donors (Lipinski definition) is 0. The molecule has 0 aromatic heterocycles. The lowest BCUT2D eigenvalue weighted by Crippen LogP contribution is -2.31. The highest BCUT2D eigenvalue weighted by Crippen LogP contribution is 2.17. The lowest BCUT2D eigenvalue weighted by molar-refractivity contribution is -0.759. The first kappa shape index (κ1) is 13.7. The largest absolute Gasteiger partial charge is 0.460 e. The van der Waals surface area contributed by atoms with Crippen molar-refractivity contribution in [2.45, 2.75) is 40.2 Å². The summed E-state index contributed by atoms with van der Waals surface area (Å²) in [6, 6.07) is 0. The average Bonchev–Trinajstić information content (AvgIpc) is 2.09. The standard InChI is InChI=1S/C9H17NO5/c1-5-7(6-14-10(12)13)15-8(11)9(2,3)4/h7H,5-6H2,1-4H3. The third-order valence-electron chi connectivity index (χ3n) is 1.71. The van der Waals surface area contributed by atoms with Crippen molar-refractivity contribution in [1.82, 2.24) is 0 Å². The Morgan fingerprint density at radius 3 is 2.33 bits per heavy atom. The van der Waals surface area contributed by atoms with Crippen LogP contribution in [0.5, 0.6) is 0 Å². The lowest BCUT2D eigenvalue weighted by Gasteiger charge is -2.21. The predicted octanol–water partition coefficient (Wildman–Crippen LogP) is 1.56. The number of esters is 1. The van der Waals surface area contributed by atoms with Crippen LogP contribution in [0.25, 0.3) is 0 Å². The number of carbonyl (C=O) groups excluding carboxylic acids is 1. The van der Waals surface area contributed by atoms with E-state index in [2.05, 4.69) is 4.84 Å². The second kappa shape index (κ2) is 5.53. The maximum atomic E-state index is 11.4. The van der Waals surface area contributed by atoms with Crippen LogP contribution in [0.15, 0.2) is 0 Å². The van der Waals surface area contributed by atoms with Crippen molar-refractivity contribution in [2.24, 2.45) is 5.41 Å². The summed E-state index contributed by atoms with van der Waals surface area (Å²) in [6.45, 7) is 6.71. The third kappa shape index (κ3) is 5.87. The first-order chi connectivity index (χ1) is 6.77. The summed E-state index contributed by atoms with van der Waals surface area (Å²) in [5, 5.41) is 9.05. The molecule has 0 spiro atoms. The van der Waals surface area contributed by atoms with Crippen LogP contribution in [0.3, 0.4) is 0 Å². The highest BCUT2D eigenvalue weighted by Gasteiger charge is 2.26. The summed E-state index contributed by atoms with van der Waals surface area (Å²) < 4.78 is 5.05. The Morgan fingerprint density at radius 1 is 1.47 bits per heavy atom. The molecular formula is C9H17NO5. The summed E-state index contributed by atoms with van der Waals surface area (Å²) in [4.78, 5) is 25.5. The van der Waals surface area contributed by atoms with Crippen molar-refractivity contribution in [3.63, 3.8) is 0 Å². The smallest absolute Gasteiger partial charge is 0.311 e. The van der Waals surface area contributed by atoms with Crippen LogP contribution in [0, 0.1) is 15.5 Å². The molecule has 0 N–H and O–H groups in total. The zero-order chi connectivity index (χ0) is 12.1. The van der Waals surface area contributed by atoms with Gasteiger partial charge in [-0.15, -0.1) is 10.1 Å². The van der Waals surface area contributed by atoms with Gasteiger partial charge >= 0.3 is 5.97 Å². The number of hydrogen-bond acceptors (Lipinski definition) is 5. The minimum Gasteiger partial charge on any atom is -0.460 e. The van der Waals surface area contributed by atoms with Gasteiger partial charge in [0.2, 0.25) is 0 Å². The molecule has 0 amide bonds. The molecule has 0 rings (SSSR count). The first-order valence-electron chi connectivity index (χ1n) is 4.75. The second-order valence-corrected chi connectivity index (χ2v) is 4.20. The van der Waals surface area contributed by atoms with Crippen LogP contribution >= 0.6 is 0 Å². The number of nitrogens with zero attached hydrogens (tertiary/aromatic N) is 1. The van der Waals surface area contributed by atoms with E-state index in [1.54, 1.807) is 27.7 Å². The van der Waals surface area contributed by atoms with Crippen LogP contribution in [0.4, 0.5) is 0 Å². The van der Waals surface area contributed by atoms with E-state index in [0.717, 1.165) is 0 Å². The van der Waals surface area contributed by atoms with Gasteiger partial charge in [0.15, 0.2) is 0 Å². The fourth-order valence-electron chi connectivity index (χ4n) is 0.707. The second-order valence-electron chi connectivity index (χ2n) is 4.20. The van der Waals surface area contributed by atoms with Gasteiger partial charge in [-0.05, 0) is 27.2 Å². The van der Waals surface area contributed by atoms with Gasteiger partial charge in [-0.25, -0.2) is 0 Å². The van der Waals surface area contributed by atoms with Crippen LogP contribution in [-0.2, 0) is 14.4 Å². The van der Waals surface area contributed by atoms with Gasteiger partial charge < -0.3 is 9.57 Å². The summed E-state index contributed by atoms with van der Waals surface area (Å²) in [5.41, 5.74) is -0.609. The molecule has 15 heavy (non-hydrogen) atoms. The molecule has 0 bridgehead atoms. The molecule has 0 radical (unpaired) electrons. The molecule has 1 atom stereocenters. The van der Waals surface area contributed by atoms with E-state index >= 15 is 0 Å². The third-order valence-corrected chi connectivity index (χ3v) is 1.71. The normalized spacial score (nSPS) is 13.1. The number of carbonyl (C=O) groups is 1. The van der Waals surface area contributed by atoms with Crippen LogP contribution in [-0.4, -0.2) is 23.8 Å². The monoisotopic (exact) mass is 219 g/mol. The van der Waals surface area contributed by atoms with Crippen molar-refractivity contribution in [3.05, 3.63) is 10.1 Å². The first-order valence-corrected chi connectivity index (χ1v) is 4.75. The minimum absolute atomic E-state index is 0.217. The van der Waals surface area contributed by atoms with Gasteiger partial charge in [-0.3, -0.25) is 4.79 Å². The molecule has 0 heterocycles. The Labute approximate surface area is 88.7 Å². The molecule has 0 fully saturated rings. The maximum Gasteiger partial charge on any atom is 0.311 e. The molecule has 0 saturated carbocycles. The highest BCUT2D eigenvalue weighted by molar-refractivity contribution is 5.75. The quantitative estimate of drug-likeness (QED) is 0.398. The SMILES string of the molecule is CCC(CO[N+](=O)[O-])OC(=O)C(C)(C)C. The molecule has 6 heteroatoms. The Bertz CT molecular complexity index is 233. The van der Waals surface area contributed by atoms with Gasteiger partial charge in [0, 0.05) is 0 Å². The molecule has 0 aliphatic rings. The van der Waals surface area contributed by atoms with Gasteiger partial charge in [-0.1, -0.05) is 6.92 Å². The van der Waals surface area contributed by atoms with Crippen LogP contribution in [0.1, 0.15) is 34.1 Å². The van der Waals surface area contributed by atoms with Gasteiger partial charge in [-0.2, -0.15) is 0 Å². The predicted molar refractivity (Wildman–Crippen MR) is 52.6 cm³/mol. The van der Waals surface area contributed by atoms with E-state index in [9.17, 15) is 14.9 Å². The Morgan fingerprint density at radius 2 is 2.00 bits per heavy atom. The van der Waals surface area contributed by atoms with Crippen molar-refractivity contribution >= 4 is 5.97 Å². The fourth-order valence-corrected chi connectivity index (χ4v) is 0.707. The van der Waals surface area contributed by atoms with Crippen molar-refractivity contribution < 1.29 is 19.5 Å². The Hall–Kier alpha value is -1.33. The van der Waals surface area contributed by atoms with E-state index in [1.807, 2.05) is 0 Å². The molecule has 88 valence electrons. The Balaban J connectivity index is 4.10. The average molecular weight is 219 g/mol. The van der Waals surface area contributed by atoms with Gasteiger partial charge in [0.05, 0.1) is 5.41 Å². The summed E-state index contributed by atoms with van der Waals surface area (Å²) in [5.74, 6) is -0.388. The topological polar surface area (TPSA) is 78.7 Å².